The molecule has 34 heavy (non-hydrogen) atoms. The van der Waals surface area contributed by atoms with E-state index in [1.807, 2.05) is 44.2 Å². The predicted molar refractivity (Wildman–Crippen MR) is 139 cm³/mol. The molecule has 0 radical (unpaired) electrons. The van der Waals surface area contributed by atoms with Crippen molar-refractivity contribution in [2.75, 3.05) is 10.6 Å². The van der Waals surface area contributed by atoms with Crippen LogP contribution in [0.15, 0.2) is 78.0 Å². The fourth-order valence-corrected chi connectivity index (χ4v) is 4.78. The molecule has 172 valence electrons. The summed E-state index contributed by atoms with van der Waals surface area (Å²) in [6.07, 6.45) is 0. The Kier molecular flexibility index (Phi) is 5.48. The summed E-state index contributed by atoms with van der Waals surface area (Å²) in [5.74, 6) is 1.08. The highest BCUT2D eigenvalue weighted by molar-refractivity contribution is 6.06. The third-order valence-electron chi connectivity index (χ3n) is 6.62. The van der Waals surface area contributed by atoms with Crippen molar-refractivity contribution in [3.8, 4) is 0 Å². The largest absolute Gasteiger partial charge is 0.329 e. The number of anilines is 2. The van der Waals surface area contributed by atoms with Gasteiger partial charge >= 0.3 is 0 Å². The molecular weight excluding hydrogens is 420 g/mol. The molecule has 1 aliphatic heterocycles. The highest BCUT2D eigenvalue weighted by atomic mass is 16.1. The van der Waals surface area contributed by atoms with Crippen LogP contribution in [0.5, 0.6) is 0 Å². The third-order valence-corrected chi connectivity index (χ3v) is 6.62. The van der Waals surface area contributed by atoms with E-state index in [2.05, 4.69) is 72.4 Å². The summed E-state index contributed by atoms with van der Waals surface area (Å²) in [4.78, 5) is 18.6. The number of para-hydroxylation sites is 2. The maximum Gasteiger partial charge on any atom is 0.255 e. The summed E-state index contributed by atoms with van der Waals surface area (Å²) in [6.45, 7) is 10.4. The van der Waals surface area contributed by atoms with E-state index in [1.165, 1.54) is 11.1 Å². The molecule has 4 aromatic rings. The summed E-state index contributed by atoms with van der Waals surface area (Å²) in [5.41, 5.74) is 8.76. The lowest BCUT2D eigenvalue weighted by Gasteiger charge is -2.31. The van der Waals surface area contributed by atoms with Gasteiger partial charge in [0.25, 0.3) is 5.91 Å². The first-order chi connectivity index (χ1) is 16.3. The van der Waals surface area contributed by atoms with Crippen LogP contribution in [-0.4, -0.2) is 15.5 Å². The van der Waals surface area contributed by atoms with Crippen LogP contribution < -0.4 is 10.6 Å². The Labute approximate surface area is 200 Å². The van der Waals surface area contributed by atoms with E-state index < -0.39 is 0 Å². The monoisotopic (exact) mass is 450 g/mol. The average Bonchev–Trinajstić information content (AvgIpc) is 3.17. The van der Waals surface area contributed by atoms with Crippen molar-refractivity contribution in [1.29, 1.82) is 0 Å². The number of nitrogens with zero attached hydrogens (tertiary/aromatic N) is 2. The molecule has 1 aliphatic rings. The van der Waals surface area contributed by atoms with Gasteiger partial charge in [-0.15, -0.1) is 0 Å². The summed E-state index contributed by atoms with van der Waals surface area (Å²) in [7, 11) is 0. The van der Waals surface area contributed by atoms with E-state index in [4.69, 9.17) is 4.98 Å². The van der Waals surface area contributed by atoms with Crippen molar-refractivity contribution in [2.24, 2.45) is 0 Å². The zero-order valence-corrected chi connectivity index (χ0v) is 20.3. The Morgan fingerprint density at radius 3 is 2.44 bits per heavy atom. The molecule has 5 heteroatoms. The van der Waals surface area contributed by atoms with Crippen LogP contribution in [0.25, 0.3) is 11.0 Å². The van der Waals surface area contributed by atoms with Gasteiger partial charge in [-0.2, -0.15) is 0 Å². The normalized spacial score (nSPS) is 15.4. The number of allylic oxidation sites excluding steroid dienone is 1. The van der Waals surface area contributed by atoms with Crippen LogP contribution in [0.4, 0.5) is 11.6 Å². The van der Waals surface area contributed by atoms with Gasteiger partial charge < -0.3 is 10.6 Å². The van der Waals surface area contributed by atoms with Gasteiger partial charge in [-0.05, 0) is 61.6 Å². The molecule has 0 saturated carbocycles. The molecule has 2 heterocycles. The van der Waals surface area contributed by atoms with Crippen LogP contribution in [0.3, 0.4) is 0 Å². The number of fused-ring (bicyclic) bond motifs is 3. The first-order valence-corrected chi connectivity index (χ1v) is 11.8. The quantitative estimate of drug-likeness (QED) is 0.363. The fourth-order valence-electron chi connectivity index (χ4n) is 4.78. The second kappa shape index (κ2) is 8.49. The Morgan fingerprint density at radius 2 is 1.74 bits per heavy atom. The molecule has 0 fully saturated rings. The zero-order valence-electron chi connectivity index (χ0n) is 20.3. The number of hydrogen-bond acceptors (Lipinski definition) is 3. The number of aromatic nitrogens is 2. The number of hydrogen-bond donors (Lipinski definition) is 2. The number of nitrogens with one attached hydrogen (secondary N) is 2. The molecule has 1 unspecified atom stereocenters. The molecule has 1 atom stereocenters. The fraction of sp³-hybridized carbons (Fsp3) is 0.241. The number of amides is 1. The third kappa shape index (κ3) is 3.77. The highest BCUT2D eigenvalue weighted by Crippen LogP contribution is 2.40. The number of imidazole rings is 1. The smallest absolute Gasteiger partial charge is 0.255 e. The van der Waals surface area contributed by atoms with E-state index in [0.717, 1.165) is 39.5 Å². The summed E-state index contributed by atoms with van der Waals surface area (Å²) in [6, 6.07) is 22.4. The lowest BCUT2D eigenvalue weighted by Crippen LogP contribution is -2.31. The molecule has 5 rings (SSSR count). The topological polar surface area (TPSA) is 59.0 Å². The van der Waals surface area contributed by atoms with Gasteiger partial charge in [0.15, 0.2) is 0 Å². The molecule has 5 nitrogen and oxygen atoms in total. The van der Waals surface area contributed by atoms with Crippen LogP contribution in [0.1, 0.15) is 55.0 Å². The van der Waals surface area contributed by atoms with Crippen LogP contribution in [0, 0.1) is 13.8 Å². The minimum Gasteiger partial charge on any atom is -0.329 e. The molecule has 0 aliphatic carbocycles. The van der Waals surface area contributed by atoms with Crippen molar-refractivity contribution in [2.45, 2.75) is 46.6 Å². The lowest BCUT2D eigenvalue weighted by molar-refractivity contribution is -0.113. The molecule has 0 saturated heterocycles. The van der Waals surface area contributed by atoms with Crippen LogP contribution in [-0.2, 0) is 4.79 Å². The first-order valence-electron chi connectivity index (χ1n) is 11.8. The van der Waals surface area contributed by atoms with Gasteiger partial charge in [0.1, 0.15) is 0 Å². The van der Waals surface area contributed by atoms with Crippen molar-refractivity contribution in [3.05, 3.63) is 100 Å². The summed E-state index contributed by atoms with van der Waals surface area (Å²) in [5, 5.41) is 6.56. The van der Waals surface area contributed by atoms with E-state index in [9.17, 15) is 4.79 Å². The van der Waals surface area contributed by atoms with Crippen molar-refractivity contribution in [1.82, 2.24) is 9.55 Å². The molecular formula is C29H30N4O. The Hall–Kier alpha value is -3.86. The average molecular weight is 451 g/mol. The Bertz CT molecular complexity index is 1430. The summed E-state index contributed by atoms with van der Waals surface area (Å²) < 4.78 is 2.14. The molecule has 0 bridgehead atoms. The SMILES string of the molecule is CC1=C(C(=O)Nc2ccc(C)cc2C)C(c2ccc(C(C)C)cc2)n2c(nc3ccccc32)N1. The highest BCUT2D eigenvalue weighted by Gasteiger charge is 2.34. The second-order valence-corrected chi connectivity index (χ2v) is 9.45. The standard InChI is InChI=1S/C29H30N4O/c1-17(2)21-11-13-22(14-12-21)27-26(28(34)31-23-15-10-18(3)16-19(23)4)20(5)30-29-32-24-8-6-7-9-25(24)33(27)29/h6-17,27H,1-5H3,(H,30,32)(H,31,34). The van der Waals surface area contributed by atoms with Crippen LogP contribution >= 0.6 is 0 Å². The summed E-state index contributed by atoms with van der Waals surface area (Å²) >= 11 is 0. The number of aryl methyl sites for hydroxylation is 2. The molecule has 0 spiro atoms. The lowest BCUT2D eigenvalue weighted by atomic mass is 9.92. The van der Waals surface area contributed by atoms with Crippen molar-refractivity contribution >= 4 is 28.6 Å². The van der Waals surface area contributed by atoms with E-state index in [1.54, 1.807) is 0 Å². The zero-order chi connectivity index (χ0) is 24.0. The van der Waals surface area contributed by atoms with Gasteiger partial charge in [0, 0.05) is 11.4 Å². The Morgan fingerprint density at radius 1 is 1.00 bits per heavy atom. The number of carbonyl (C=O) groups excluding carboxylic acids is 1. The van der Waals surface area contributed by atoms with E-state index in [-0.39, 0.29) is 11.9 Å². The van der Waals surface area contributed by atoms with Crippen molar-refractivity contribution < 1.29 is 4.79 Å². The minimum atomic E-state index is -0.296. The van der Waals surface area contributed by atoms with Gasteiger partial charge in [-0.3, -0.25) is 9.36 Å². The van der Waals surface area contributed by atoms with Gasteiger partial charge in [0.2, 0.25) is 5.95 Å². The molecule has 1 amide bonds. The number of rotatable bonds is 4. The van der Waals surface area contributed by atoms with Gasteiger partial charge in [0.05, 0.1) is 22.6 Å². The van der Waals surface area contributed by atoms with E-state index >= 15 is 0 Å². The van der Waals surface area contributed by atoms with Crippen LogP contribution in [0.2, 0.25) is 0 Å². The molecule has 2 N–H and O–H groups in total. The number of benzene rings is 3. The predicted octanol–water partition coefficient (Wildman–Crippen LogP) is 6.70. The Balaban J connectivity index is 1.64. The molecule has 1 aromatic heterocycles. The van der Waals surface area contributed by atoms with Gasteiger partial charge in [-0.1, -0.05) is 67.9 Å². The van der Waals surface area contributed by atoms with E-state index in [0.29, 0.717) is 11.5 Å². The van der Waals surface area contributed by atoms with Gasteiger partial charge in [-0.25, -0.2) is 4.98 Å². The van der Waals surface area contributed by atoms with Crippen molar-refractivity contribution in [3.63, 3.8) is 0 Å². The maximum atomic E-state index is 13.8. The minimum absolute atomic E-state index is 0.113. The maximum absolute atomic E-state index is 13.8. The number of carbonyl (C=O) groups is 1. The second-order valence-electron chi connectivity index (χ2n) is 9.45. The molecule has 3 aromatic carbocycles. The first kappa shape index (κ1) is 22.0.